The summed E-state index contributed by atoms with van der Waals surface area (Å²) in [4.78, 5) is 8.39. The normalized spacial score (nSPS) is 10.5. The molecule has 0 fully saturated rings. The van der Waals surface area contributed by atoms with Gasteiger partial charge < -0.3 is 16.4 Å². The van der Waals surface area contributed by atoms with Gasteiger partial charge in [-0.15, -0.1) is 0 Å². The maximum absolute atomic E-state index is 6.19. The first-order chi connectivity index (χ1) is 11.5. The Hall–Kier alpha value is -2.50. The Morgan fingerprint density at radius 3 is 2.29 bits per heavy atom. The number of aromatic nitrogens is 2. The number of rotatable bonds is 4. The molecule has 0 saturated carbocycles. The summed E-state index contributed by atoms with van der Waals surface area (Å²) < 4.78 is 0. The fourth-order valence-corrected chi connectivity index (χ4v) is 2.50. The number of halogens is 2. The van der Waals surface area contributed by atoms with Gasteiger partial charge in [-0.2, -0.15) is 0 Å². The number of aryl methyl sites for hydroxylation is 1. The fourth-order valence-electron chi connectivity index (χ4n) is 2.14. The molecule has 0 aliphatic rings. The van der Waals surface area contributed by atoms with Crippen LogP contribution >= 0.6 is 23.2 Å². The smallest absolute Gasteiger partial charge is 0.159 e. The molecule has 0 radical (unpaired) electrons. The minimum absolute atomic E-state index is 0.386. The van der Waals surface area contributed by atoms with Crippen LogP contribution in [0.2, 0.25) is 10.0 Å². The zero-order valence-electron chi connectivity index (χ0n) is 12.8. The lowest BCUT2D eigenvalue weighted by molar-refractivity contribution is 1.17. The molecule has 5 nitrogen and oxygen atoms in total. The van der Waals surface area contributed by atoms with Crippen LogP contribution in [0.25, 0.3) is 0 Å². The minimum Gasteiger partial charge on any atom is -0.393 e. The Labute approximate surface area is 149 Å². The van der Waals surface area contributed by atoms with Gasteiger partial charge in [-0.25, -0.2) is 9.97 Å². The number of nitrogens with zero attached hydrogens (tertiary/aromatic N) is 2. The van der Waals surface area contributed by atoms with E-state index in [2.05, 4.69) is 20.6 Å². The zero-order chi connectivity index (χ0) is 17.1. The summed E-state index contributed by atoms with van der Waals surface area (Å²) in [6, 6.07) is 12.9. The second-order valence-corrected chi connectivity index (χ2v) is 6.02. The molecule has 2 aromatic carbocycles. The molecule has 0 atom stereocenters. The molecule has 1 heterocycles. The number of anilines is 5. The van der Waals surface area contributed by atoms with Crippen molar-refractivity contribution in [3.05, 3.63) is 64.4 Å². The number of nitrogen functional groups attached to an aromatic ring is 1. The van der Waals surface area contributed by atoms with Crippen LogP contribution < -0.4 is 16.4 Å². The van der Waals surface area contributed by atoms with Crippen molar-refractivity contribution in [2.75, 3.05) is 16.4 Å². The topological polar surface area (TPSA) is 75.9 Å². The van der Waals surface area contributed by atoms with Crippen LogP contribution in [0.4, 0.5) is 28.7 Å². The van der Waals surface area contributed by atoms with Crippen LogP contribution in [0.1, 0.15) is 5.56 Å². The summed E-state index contributed by atoms with van der Waals surface area (Å²) in [5, 5.41) is 7.52. The molecule has 0 spiro atoms. The highest BCUT2D eigenvalue weighted by atomic mass is 35.5. The van der Waals surface area contributed by atoms with E-state index in [0.29, 0.717) is 27.4 Å². The summed E-state index contributed by atoms with van der Waals surface area (Å²) >= 11 is 12.2. The molecule has 0 amide bonds. The first-order valence-electron chi connectivity index (χ1n) is 7.20. The number of benzene rings is 2. The Bertz CT molecular complexity index is 883. The van der Waals surface area contributed by atoms with Crippen molar-refractivity contribution in [2.24, 2.45) is 0 Å². The van der Waals surface area contributed by atoms with Crippen molar-refractivity contribution in [3.8, 4) is 0 Å². The van der Waals surface area contributed by atoms with Gasteiger partial charge in [-0.05, 0) is 36.8 Å². The average molecular weight is 360 g/mol. The molecule has 0 bridgehead atoms. The van der Waals surface area contributed by atoms with Gasteiger partial charge in [0.25, 0.3) is 0 Å². The maximum Gasteiger partial charge on any atom is 0.159 e. The number of hydrogen-bond donors (Lipinski definition) is 3. The van der Waals surface area contributed by atoms with E-state index >= 15 is 0 Å². The van der Waals surface area contributed by atoms with Crippen LogP contribution in [0, 0.1) is 6.92 Å². The van der Waals surface area contributed by atoms with Crippen LogP contribution in [0.3, 0.4) is 0 Å². The third-order valence-electron chi connectivity index (χ3n) is 3.46. The molecule has 0 saturated heterocycles. The summed E-state index contributed by atoms with van der Waals surface area (Å²) in [6.07, 6.45) is 1.43. The van der Waals surface area contributed by atoms with Crippen LogP contribution in [-0.2, 0) is 0 Å². The average Bonchev–Trinajstić information content (AvgIpc) is 2.56. The van der Waals surface area contributed by atoms with E-state index in [0.717, 1.165) is 16.9 Å². The summed E-state index contributed by atoms with van der Waals surface area (Å²) in [6.45, 7) is 1.97. The SMILES string of the molecule is Cc1ccc(Cl)cc1Nc1ncnc(Nc2ccccc2Cl)c1N. The number of hydrogen-bond acceptors (Lipinski definition) is 5. The third-order valence-corrected chi connectivity index (χ3v) is 4.03. The molecule has 3 rings (SSSR count). The van der Waals surface area contributed by atoms with Crippen molar-refractivity contribution < 1.29 is 0 Å². The molecule has 7 heteroatoms. The number of nitrogens with two attached hydrogens (primary N) is 1. The summed E-state index contributed by atoms with van der Waals surface area (Å²) in [5.41, 5.74) is 9.15. The van der Waals surface area contributed by atoms with Gasteiger partial charge in [0.2, 0.25) is 0 Å². The van der Waals surface area contributed by atoms with E-state index in [1.807, 2.05) is 43.3 Å². The van der Waals surface area contributed by atoms with Gasteiger partial charge in [-0.1, -0.05) is 41.4 Å². The zero-order valence-corrected chi connectivity index (χ0v) is 14.4. The molecule has 122 valence electrons. The monoisotopic (exact) mass is 359 g/mol. The van der Waals surface area contributed by atoms with E-state index in [1.54, 1.807) is 6.07 Å². The highest BCUT2D eigenvalue weighted by Gasteiger charge is 2.11. The third kappa shape index (κ3) is 3.53. The van der Waals surface area contributed by atoms with E-state index in [1.165, 1.54) is 6.33 Å². The van der Waals surface area contributed by atoms with Crippen LogP contribution in [-0.4, -0.2) is 9.97 Å². The maximum atomic E-state index is 6.19. The lowest BCUT2D eigenvalue weighted by Crippen LogP contribution is -2.06. The van der Waals surface area contributed by atoms with Crippen molar-refractivity contribution in [2.45, 2.75) is 6.92 Å². The largest absolute Gasteiger partial charge is 0.393 e. The molecular weight excluding hydrogens is 345 g/mol. The van der Waals surface area contributed by atoms with Crippen LogP contribution in [0.15, 0.2) is 48.8 Å². The summed E-state index contributed by atoms with van der Waals surface area (Å²) in [7, 11) is 0. The predicted molar refractivity (Wildman–Crippen MR) is 101 cm³/mol. The number of nitrogens with one attached hydrogen (secondary N) is 2. The molecular formula is C17H15Cl2N5. The lowest BCUT2D eigenvalue weighted by Gasteiger charge is -2.14. The Kier molecular flexibility index (Phi) is 4.74. The van der Waals surface area contributed by atoms with E-state index < -0.39 is 0 Å². The standard InChI is InChI=1S/C17H15Cl2N5/c1-10-6-7-11(18)8-14(10)24-17-15(20)16(21-9-22-17)23-13-5-3-2-4-12(13)19/h2-9H,20H2,1H3,(H2,21,22,23,24). The second-order valence-electron chi connectivity index (χ2n) is 5.17. The fraction of sp³-hybridized carbons (Fsp3) is 0.0588. The van der Waals surface area contributed by atoms with Crippen molar-refractivity contribution in [3.63, 3.8) is 0 Å². The minimum atomic E-state index is 0.386. The van der Waals surface area contributed by atoms with Crippen molar-refractivity contribution in [1.82, 2.24) is 9.97 Å². The van der Waals surface area contributed by atoms with E-state index in [9.17, 15) is 0 Å². The van der Waals surface area contributed by atoms with Crippen LogP contribution in [0.5, 0.6) is 0 Å². The second kappa shape index (κ2) is 6.95. The molecule has 1 aromatic heterocycles. The van der Waals surface area contributed by atoms with E-state index in [4.69, 9.17) is 28.9 Å². The Balaban J connectivity index is 1.91. The van der Waals surface area contributed by atoms with Gasteiger partial charge in [-0.3, -0.25) is 0 Å². The molecule has 0 unspecified atom stereocenters. The lowest BCUT2D eigenvalue weighted by atomic mass is 10.2. The molecule has 0 aliphatic carbocycles. The van der Waals surface area contributed by atoms with Gasteiger partial charge in [0.1, 0.15) is 12.0 Å². The van der Waals surface area contributed by atoms with Crippen molar-refractivity contribution in [1.29, 1.82) is 0 Å². The summed E-state index contributed by atoms with van der Waals surface area (Å²) in [5.74, 6) is 0.963. The van der Waals surface area contributed by atoms with E-state index in [-0.39, 0.29) is 0 Å². The molecule has 3 aromatic rings. The van der Waals surface area contributed by atoms with Gasteiger partial charge in [0.15, 0.2) is 11.6 Å². The molecule has 0 aliphatic heterocycles. The predicted octanol–water partition coefficient (Wildman–Crippen LogP) is 5.16. The molecule has 4 N–H and O–H groups in total. The quantitative estimate of drug-likeness (QED) is 0.599. The van der Waals surface area contributed by atoms with Gasteiger partial charge >= 0.3 is 0 Å². The first kappa shape index (κ1) is 16.4. The Morgan fingerprint density at radius 2 is 1.58 bits per heavy atom. The molecule has 24 heavy (non-hydrogen) atoms. The number of para-hydroxylation sites is 1. The Morgan fingerprint density at radius 1 is 0.917 bits per heavy atom. The highest BCUT2D eigenvalue weighted by molar-refractivity contribution is 6.33. The highest BCUT2D eigenvalue weighted by Crippen LogP contribution is 2.32. The van der Waals surface area contributed by atoms with Crippen molar-refractivity contribution >= 4 is 51.9 Å². The first-order valence-corrected chi connectivity index (χ1v) is 7.95. The van der Waals surface area contributed by atoms with Gasteiger partial charge in [0.05, 0.1) is 10.7 Å². The van der Waals surface area contributed by atoms with Gasteiger partial charge in [0, 0.05) is 10.7 Å².